The number of aromatic hydroxyl groups is 1. The molecule has 3 heteroatoms. The highest BCUT2D eigenvalue weighted by Gasteiger charge is 2.06. The molecule has 12 heavy (non-hydrogen) atoms. The Morgan fingerprint density at radius 2 is 2.25 bits per heavy atom. The molecular formula is C9H7NO2. The standard InChI is InChI=1S/C9H7NO2/c1-2-6-3-4-7(9(10)12)8(11)5-6/h1,3-5,11H,(H2,10,12). The van der Waals surface area contributed by atoms with Crippen molar-refractivity contribution in [2.75, 3.05) is 0 Å². The molecule has 0 fully saturated rings. The predicted molar refractivity (Wildman–Crippen MR) is 44.6 cm³/mol. The van der Waals surface area contributed by atoms with Crippen molar-refractivity contribution in [3.05, 3.63) is 29.3 Å². The molecule has 1 aromatic carbocycles. The van der Waals surface area contributed by atoms with Crippen LogP contribution < -0.4 is 5.73 Å². The van der Waals surface area contributed by atoms with E-state index in [4.69, 9.17) is 12.2 Å². The maximum absolute atomic E-state index is 10.6. The first-order valence-electron chi connectivity index (χ1n) is 3.24. The Morgan fingerprint density at radius 3 is 2.67 bits per heavy atom. The summed E-state index contributed by atoms with van der Waals surface area (Å²) in [6.45, 7) is 0. The minimum atomic E-state index is -0.670. The van der Waals surface area contributed by atoms with Gasteiger partial charge in [-0.1, -0.05) is 5.92 Å². The van der Waals surface area contributed by atoms with Gasteiger partial charge in [0.2, 0.25) is 0 Å². The summed E-state index contributed by atoms with van der Waals surface area (Å²) >= 11 is 0. The van der Waals surface area contributed by atoms with Gasteiger partial charge in [0.05, 0.1) is 5.56 Å². The molecule has 0 radical (unpaired) electrons. The van der Waals surface area contributed by atoms with E-state index in [1.54, 1.807) is 6.07 Å². The van der Waals surface area contributed by atoms with Gasteiger partial charge in [0.25, 0.3) is 5.91 Å². The molecule has 3 N–H and O–H groups in total. The fourth-order valence-electron chi connectivity index (χ4n) is 0.830. The molecule has 0 heterocycles. The summed E-state index contributed by atoms with van der Waals surface area (Å²) < 4.78 is 0. The Labute approximate surface area is 69.8 Å². The molecule has 0 aromatic heterocycles. The van der Waals surface area contributed by atoms with Crippen molar-refractivity contribution < 1.29 is 9.90 Å². The van der Waals surface area contributed by atoms with Gasteiger partial charge in [-0.2, -0.15) is 0 Å². The minimum Gasteiger partial charge on any atom is -0.507 e. The molecule has 0 unspecified atom stereocenters. The molecule has 1 rings (SSSR count). The third-order valence-electron chi connectivity index (χ3n) is 1.43. The van der Waals surface area contributed by atoms with Crippen molar-refractivity contribution in [1.82, 2.24) is 0 Å². The molecule has 0 aliphatic heterocycles. The number of hydrogen-bond donors (Lipinski definition) is 2. The summed E-state index contributed by atoms with van der Waals surface area (Å²) in [5, 5.41) is 9.20. The van der Waals surface area contributed by atoms with Crippen LogP contribution in [0.3, 0.4) is 0 Å². The van der Waals surface area contributed by atoms with Crippen LogP contribution in [0.15, 0.2) is 18.2 Å². The second-order valence-corrected chi connectivity index (χ2v) is 2.24. The number of amides is 1. The first-order chi connectivity index (χ1) is 5.65. The van der Waals surface area contributed by atoms with E-state index in [9.17, 15) is 9.90 Å². The molecule has 0 bridgehead atoms. The monoisotopic (exact) mass is 161 g/mol. The smallest absolute Gasteiger partial charge is 0.252 e. The van der Waals surface area contributed by atoms with Gasteiger partial charge in [0, 0.05) is 5.56 Å². The van der Waals surface area contributed by atoms with Crippen LogP contribution in [-0.2, 0) is 0 Å². The van der Waals surface area contributed by atoms with E-state index in [-0.39, 0.29) is 11.3 Å². The van der Waals surface area contributed by atoms with Gasteiger partial charge in [0.15, 0.2) is 0 Å². The Morgan fingerprint density at radius 1 is 1.58 bits per heavy atom. The molecule has 1 amide bonds. The number of rotatable bonds is 1. The Kier molecular flexibility index (Phi) is 2.02. The van der Waals surface area contributed by atoms with E-state index in [1.165, 1.54) is 12.1 Å². The van der Waals surface area contributed by atoms with Crippen molar-refractivity contribution in [2.24, 2.45) is 5.73 Å². The highest BCUT2D eigenvalue weighted by molar-refractivity contribution is 5.95. The van der Waals surface area contributed by atoms with Crippen molar-refractivity contribution >= 4 is 5.91 Å². The summed E-state index contributed by atoms with van der Waals surface area (Å²) in [4.78, 5) is 10.6. The summed E-state index contributed by atoms with van der Waals surface area (Å²) in [7, 11) is 0. The van der Waals surface area contributed by atoms with E-state index in [0.717, 1.165) is 0 Å². The Balaban J connectivity index is 3.23. The molecule has 0 saturated carbocycles. The van der Waals surface area contributed by atoms with Gasteiger partial charge in [-0.05, 0) is 18.2 Å². The van der Waals surface area contributed by atoms with Crippen LogP contribution in [0.2, 0.25) is 0 Å². The number of terminal acetylenes is 1. The highest BCUT2D eigenvalue weighted by atomic mass is 16.3. The zero-order valence-corrected chi connectivity index (χ0v) is 6.24. The molecule has 1 aromatic rings. The van der Waals surface area contributed by atoms with Crippen molar-refractivity contribution in [3.8, 4) is 18.1 Å². The van der Waals surface area contributed by atoms with Gasteiger partial charge in [0.1, 0.15) is 5.75 Å². The molecule has 0 aliphatic rings. The Bertz CT molecular complexity index is 363. The van der Waals surface area contributed by atoms with Crippen LogP contribution in [0.4, 0.5) is 0 Å². The van der Waals surface area contributed by atoms with Crippen molar-refractivity contribution in [3.63, 3.8) is 0 Å². The van der Waals surface area contributed by atoms with Crippen molar-refractivity contribution in [2.45, 2.75) is 0 Å². The molecule has 0 aliphatic carbocycles. The first-order valence-corrected chi connectivity index (χ1v) is 3.24. The summed E-state index contributed by atoms with van der Waals surface area (Å²) in [5.41, 5.74) is 5.54. The van der Waals surface area contributed by atoms with Gasteiger partial charge < -0.3 is 10.8 Å². The van der Waals surface area contributed by atoms with Crippen LogP contribution in [0, 0.1) is 12.3 Å². The average molecular weight is 161 g/mol. The zero-order chi connectivity index (χ0) is 9.14. The third kappa shape index (κ3) is 1.38. The molecule has 0 saturated heterocycles. The molecule has 60 valence electrons. The van der Waals surface area contributed by atoms with Gasteiger partial charge >= 0.3 is 0 Å². The molecule has 0 spiro atoms. The van der Waals surface area contributed by atoms with E-state index in [0.29, 0.717) is 5.56 Å². The van der Waals surface area contributed by atoms with Crippen LogP contribution >= 0.6 is 0 Å². The quantitative estimate of drug-likeness (QED) is 0.588. The molecule has 0 atom stereocenters. The van der Waals surface area contributed by atoms with Gasteiger partial charge in [-0.3, -0.25) is 4.79 Å². The largest absolute Gasteiger partial charge is 0.507 e. The van der Waals surface area contributed by atoms with Crippen LogP contribution in [0.1, 0.15) is 15.9 Å². The van der Waals surface area contributed by atoms with Crippen LogP contribution in [-0.4, -0.2) is 11.0 Å². The number of carbonyl (C=O) groups is 1. The predicted octanol–water partition coefficient (Wildman–Crippen LogP) is 0.472. The van der Waals surface area contributed by atoms with Gasteiger partial charge in [-0.25, -0.2) is 0 Å². The topological polar surface area (TPSA) is 63.3 Å². The van der Waals surface area contributed by atoms with E-state index in [1.807, 2.05) is 0 Å². The highest BCUT2D eigenvalue weighted by Crippen LogP contribution is 2.17. The number of carbonyl (C=O) groups excluding carboxylic acids is 1. The number of nitrogens with two attached hydrogens (primary N) is 1. The lowest BCUT2D eigenvalue weighted by Crippen LogP contribution is -2.10. The Hall–Kier alpha value is -1.95. The lowest BCUT2D eigenvalue weighted by atomic mass is 10.1. The SMILES string of the molecule is C#Cc1ccc(C(N)=O)c(O)c1. The lowest BCUT2D eigenvalue weighted by molar-refractivity contribution is 0.0998. The molecule has 3 nitrogen and oxygen atoms in total. The van der Waals surface area contributed by atoms with E-state index >= 15 is 0 Å². The van der Waals surface area contributed by atoms with E-state index < -0.39 is 5.91 Å². The summed E-state index contributed by atoms with van der Waals surface area (Å²) in [5.74, 6) is 1.47. The number of benzene rings is 1. The van der Waals surface area contributed by atoms with Crippen LogP contribution in [0.25, 0.3) is 0 Å². The average Bonchev–Trinajstić information content (AvgIpc) is 2.03. The second-order valence-electron chi connectivity index (χ2n) is 2.24. The third-order valence-corrected chi connectivity index (χ3v) is 1.43. The van der Waals surface area contributed by atoms with Gasteiger partial charge in [-0.15, -0.1) is 6.42 Å². The first kappa shape index (κ1) is 8.15. The fraction of sp³-hybridized carbons (Fsp3) is 0. The summed E-state index contributed by atoms with van der Waals surface area (Å²) in [6, 6.07) is 4.26. The number of primary amides is 1. The maximum atomic E-state index is 10.6. The normalized spacial score (nSPS) is 8.92. The zero-order valence-electron chi connectivity index (χ0n) is 6.24. The van der Waals surface area contributed by atoms with E-state index in [2.05, 4.69) is 5.92 Å². The summed E-state index contributed by atoms with van der Waals surface area (Å²) in [6.07, 6.45) is 5.07. The second kappa shape index (κ2) is 2.97. The number of hydrogen-bond acceptors (Lipinski definition) is 2. The minimum absolute atomic E-state index is 0.0778. The lowest BCUT2D eigenvalue weighted by Gasteiger charge is -1.99. The number of phenols is 1. The maximum Gasteiger partial charge on any atom is 0.252 e. The molecular weight excluding hydrogens is 154 g/mol. The van der Waals surface area contributed by atoms with Crippen LogP contribution in [0.5, 0.6) is 5.75 Å². The van der Waals surface area contributed by atoms with Crippen molar-refractivity contribution in [1.29, 1.82) is 0 Å². The fourth-order valence-corrected chi connectivity index (χ4v) is 0.830.